The number of methoxy groups -OCH3 is 1. The maximum absolute atomic E-state index is 6.00. The van der Waals surface area contributed by atoms with Gasteiger partial charge in [0.1, 0.15) is 5.69 Å². The monoisotopic (exact) mass is 412 g/mol. The maximum atomic E-state index is 6.00. The number of aromatic nitrogens is 7. The fourth-order valence-electron chi connectivity index (χ4n) is 3.46. The first-order valence-corrected chi connectivity index (χ1v) is 9.74. The first-order chi connectivity index (χ1) is 15.2. The average Bonchev–Trinajstić information content (AvgIpc) is 3.43. The number of benzene rings is 1. The Balaban J connectivity index is 1.43. The van der Waals surface area contributed by atoms with Crippen LogP contribution in [-0.2, 0) is 17.9 Å². The zero-order valence-electron chi connectivity index (χ0n) is 16.9. The molecule has 4 heterocycles. The van der Waals surface area contributed by atoms with Gasteiger partial charge in [0, 0.05) is 24.4 Å². The first-order valence-electron chi connectivity index (χ1n) is 9.74. The van der Waals surface area contributed by atoms with E-state index in [-0.39, 0.29) is 5.95 Å². The van der Waals surface area contributed by atoms with Crippen LogP contribution in [0.4, 0.5) is 5.95 Å². The number of nitrogen functional groups attached to an aromatic ring is 1. The molecule has 4 aromatic heterocycles. The smallest absolute Gasteiger partial charge is 0.221 e. The molecule has 0 fully saturated rings. The van der Waals surface area contributed by atoms with Gasteiger partial charge in [-0.25, -0.2) is 14.6 Å². The van der Waals surface area contributed by atoms with Crippen LogP contribution in [0.2, 0.25) is 0 Å². The molecule has 0 unspecified atom stereocenters. The van der Waals surface area contributed by atoms with Gasteiger partial charge < -0.3 is 15.5 Å². The molecule has 31 heavy (non-hydrogen) atoms. The molecule has 0 aliphatic rings. The normalized spacial score (nSPS) is 11.3. The van der Waals surface area contributed by atoms with Crippen molar-refractivity contribution in [2.24, 2.45) is 0 Å². The van der Waals surface area contributed by atoms with Gasteiger partial charge in [-0.15, -0.1) is 5.10 Å². The van der Waals surface area contributed by atoms with E-state index >= 15 is 0 Å². The minimum absolute atomic E-state index is 0.183. The van der Waals surface area contributed by atoms with Crippen molar-refractivity contribution >= 4 is 16.9 Å². The second-order valence-corrected chi connectivity index (χ2v) is 7.13. The van der Waals surface area contributed by atoms with Gasteiger partial charge >= 0.3 is 0 Å². The summed E-state index contributed by atoms with van der Waals surface area (Å²) in [5.74, 6) is 0.183. The van der Waals surface area contributed by atoms with Crippen LogP contribution in [0.3, 0.4) is 0 Å². The zero-order valence-corrected chi connectivity index (χ0v) is 16.9. The lowest BCUT2D eigenvalue weighted by atomic mass is 10.1. The molecule has 0 amide bonds. The molecule has 5 rings (SSSR count). The average molecular weight is 412 g/mol. The Morgan fingerprint density at radius 2 is 1.84 bits per heavy atom. The van der Waals surface area contributed by atoms with Crippen molar-refractivity contribution in [1.82, 2.24) is 34.9 Å². The molecule has 9 heteroatoms. The Morgan fingerprint density at radius 3 is 2.74 bits per heavy atom. The largest absolute Gasteiger partial charge is 0.378 e. The third-order valence-corrected chi connectivity index (χ3v) is 4.88. The van der Waals surface area contributed by atoms with Crippen molar-refractivity contribution < 1.29 is 4.74 Å². The molecule has 9 nitrogen and oxygen atoms in total. The lowest BCUT2D eigenvalue weighted by molar-refractivity contribution is 0.181. The van der Waals surface area contributed by atoms with Gasteiger partial charge in [0.2, 0.25) is 5.95 Å². The molecule has 3 N–H and O–H groups in total. The first kappa shape index (κ1) is 18.9. The topological polar surface area (TPSA) is 120 Å². The van der Waals surface area contributed by atoms with Crippen LogP contribution < -0.4 is 5.73 Å². The third-order valence-electron chi connectivity index (χ3n) is 4.88. The summed E-state index contributed by atoms with van der Waals surface area (Å²) in [5.41, 5.74) is 11.7. The molecule has 154 valence electrons. The lowest BCUT2D eigenvalue weighted by Crippen LogP contribution is -2.04. The van der Waals surface area contributed by atoms with Crippen molar-refractivity contribution in [3.8, 4) is 22.6 Å². The second kappa shape index (κ2) is 7.96. The number of rotatable bonds is 6. The molecule has 5 aromatic rings. The van der Waals surface area contributed by atoms with E-state index in [0.29, 0.717) is 24.5 Å². The molecule has 0 aliphatic carbocycles. The number of nitrogens with one attached hydrogen (secondary N) is 1. The van der Waals surface area contributed by atoms with E-state index in [1.54, 1.807) is 11.8 Å². The summed E-state index contributed by atoms with van der Waals surface area (Å²) in [4.78, 5) is 16.5. The number of hydrogen-bond donors (Lipinski definition) is 2. The Labute approximate surface area is 177 Å². The molecule has 0 radical (unpaired) electrons. The van der Waals surface area contributed by atoms with Gasteiger partial charge in [-0.1, -0.05) is 23.4 Å². The Morgan fingerprint density at radius 1 is 0.968 bits per heavy atom. The highest BCUT2D eigenvalue weighted by Crippen LogP contribution is 2.26. The van der Waals surface area contributed by atoms with Crippen LogP contribution >= 0.6 is 0 Å². The predicted octanol–water partition coefficient (Wildman–Crippen LogP) is 3.06. The Bertz CT molecular complexity index is 1360. The van der Waals surface area contributed by atoms with Gasteiger partial charge in [0.15, 0.2) is 0 Å². The highest BCUT2D eigenvalue weighted by Gasteiger charge is 2.12. The minimum atomic E-state index is 0.183. The standard InChI is InChI=1S/C22H20N8O/c1-31-13-17-4-2-3-16(25-17)11-30-12-21(28-29-30)20-10-19(26-22(23)27-20)15-6-5-14-7-8-24-18(14)9-15/h2-10,12,24H,11,13H2,1H3,(H2,23,26,27). The van der Waals surface area contributed by atoms with Crippen LogP contribution in [0, 0.1) is 0 Å². The van der Waals surface area contributed by atoms with Gasteiger partial charge in [-0.2, -0.15) is 0 Å². The Hall–Kier alpha value is -4.11. The lowest BCUT2D eigenvalue weighted by Gasteiger charge is -2.05. The quantitative estimate of drug-likeness (QED) is 0.440. The summed E-state index contributed by atoms with van der Waals surface area (Å²) in [7, 11) is 1.65. The van der Waals surface area contributed by atoms with E-state index in [1.807, 2.05) is 60.9 Å². The van der Waals surface area contributed by atoms with Gasteiger partial charge in [0.25, 0.3) is 0 Å². The molecule has 0 saturated carbocycles. The van der Waals surface area contributed by atoms with Gasteiger partial charge in [0.05, 0.1) is 42.1 Å². The summed E-state index contributed by atoms with van der Waals surface area (Å²) >= 11 is 0. The highest BCUT2D eigenvalue weighted by atomic mass is 16.5. The number of pyridine rings is 1. The SMILES string of the molecule is COCc1cccc(Cn2cc(-c3cc(-c4ccc5cc[nH]c5c4)nc(N)n3)nn2)n1. The van der Waals surface area contributed by atoms with E-state index in [1.165, 1.54) is 0 Å². The molecule has 0 aliphatic heterocycles. The fraction of sp³-hybridized carbons (Fsp3) is 0.136. The summed E-state index contributed by atoms with van der Waals surface area (Å²) in [5, 5.41) is 9.62. The molecule has 0 bridgehead atoms. The number of aromatic amines is 1. The molecule has 0 saturated heterocycles. The van der Waals surface area contributed by atoms with E-state index in [2.05, 4.69) is 30.2 Å². The number of hydrogen-bond acceptors (Lipinski definition) is 7. The molecular formula is C22H20N8O. The van der Waals surface area contributed by atoms with Crippen molar-refractivity contribution in [2.45, 2.75) is 13.2 Å². The third kappa shape index (κ3) is 3.99. The van der Waals surface area contributed by atoms with Crippen molar-refractivity contribution in [2.75, 3.05) is 12.8 Å². The Kier molecular flexibility index (Phi) is 4.85. The van der Waals surface area contributed by atoms with Crippen LogP contribution in [0.5, 0.6) is 0 Å². The maximum Gasteiger partial charge on any atom is 0.221 e. The number of anilines is 1. The zero-order chi connectivity index (χ0) is 21.2. The second-order valence-electron chi connectivity index (χ2n) is 7.13. The van der Waals surface area contributed by atoms with E-state index in [9.17, 15) is 0 Å². The summed E-state index contributed by atoms with van der Waals surface area (Å²) in [6.45, 7) is 0.954. The number of fused-ring (bicyclic) bond motifs is 1. The number of ether oxygens (including phenoxy) is 1. The van der Waals surface area contributed by atoms with Crippen molar-refractivity contribution in [3.63, 3.8) is 0 Å². The van der Waals surface area contributed by atoms with Crippen molar-refractivity contribution in [3.05, 3.63) is 72.3 Å². The number of nitrogens with zero attached hydrogens (tertiary/aromatic N) is 6. The van der Waals surface area contributed by atoms with Crippen LogP contribution in [0.25, 0.3) is 33.5 Å². The van der Waals surface area contributed by atoms with Crippen LogP contribution in [0.15, 0.2) is 60.9 Å². The minimum Gasteiger partial charge on any atom is -0.378 e. The fourth-order valence-corrected chi connectivity index (χ4v) is 3.46. The van der Waals surface area contributed by atoms with Crippen LogP contribution in [-0.4, -0.2) is 42.0 Å². The molecule has 1 aromatic carbocycles. The van der Waals surface area contributed by atoms with Gasteiger partial charge in [-0.05, 0) is 35.7 Å². The summed E-state index contributed by atoms with van der Waals surface area (Å²) in [6.07, 6.45) is 3.73. The van der Waals surface area contributed by atoms with Crippen molar-refractivity contribution in [1.29, 1.82) is 0 Å². The predicted molar refractivity (Wildman–Crippen MR) is 117 cm³/mol. The van der Waals surface area contributed by atoms with E-state index in [0.717, 1.165) is 33.5 Å². The number of H-pyrrole nitrogens is 1. The van der Waals surface area contributed by atoms with Crippen LogP contribution in [0.1, 0.15) is 11.4 Å². The van der Waals surface area contributed by atoms with Gasteiger partial charge in [-0.3, -0.25) is 4.98 Å². The summed E-state index contributed by atoms with van der Waals surface area (Å²) in [6, 6.07) is 15.8. The van der Waals surface area contributed by atoms with E-state index < -0.39 is 0 Å². The number of nitrogens with two attached hydrogens (primary N) is 1. The molecular weight excluding hydrogens is 392 g/mol. The van der Waals surface area contributed by atoms with E-state index in [4.69, 9.17) is 10.5 Å². The highest BCUT2D eigenvalue weighted by molar-refractivity contribution is 5.84. The molecule has 0 spiro atoms. The molecule has 0 atom stereocenters. The summed E-state index contributed by atoms with van der Waals surface area (Å²) < 4.78 is 6.87.